The van der Waals surface area contributed by atoms with E-state index < -0.39 is 0 Å². The fraction of sp³-hybridized carbons (Fsp3) is 0.278. The van der Waals surface area contributed by atoms with Crippen molar-refractivity contribution in [1.29, 1.82) is 0 Å². The summed E-state index contributed by atoms with van der Waals surface area (Å²) in [6.07, 6.45) is 2.78. The lowest BCUT2D eigenvalue weighted by Gasteiger charge is -2.25. The molecular formula is C18H19NO2. The molecule has 3 rings (SSSR count). The van der Waals surface area contributed by atoms with Gasteiger partial charge < -0.3 is 10.4 Å². The zero-order chi connectivity index (χ0) is 14.8. The molecule has 1 amide bonds. The van der Waals surface area contributed by atoms with Crippen LogP contribution in [0.4, 0.5) is 0 Å². The minimum absolute atomic E-state index is 0.0451. The summed E-state index contributed by atoms with van der Waals surface area (Å²) >= 11 is 0. The average Bonchev–Trinajstić information content (AvgIpc) is 2.47. The van der Waals surface area contributed by atoms with E-state index in [-0.39, 0.29) is 17.7 Å². The van der Waals surface area contributed by atoms with Gasteiger partial charge in [0, 0.05) is 6.04 Å². The Balaban J connectivity index is 1.71. The second kappa shape index (κ2) is 5.60. The molecule has 2 aromatic rings. The van der Waals surface area contributed by atoms with Gasteiger partial charge in [0.2, 0.25) is 0 Å². The number of hydrogen-bond acceptors (Lipinski definition) is 2. The van der Waals surface area contributed by atoms with Gasteiger partial charge in [-0.15, -0.1) is 0 Å². The molecule has 1 aliphatic carbocycles. The summed E-state index contributed by atoms with van der Waals surface area (Å²) in [7, 11) is 0. The van der Waals surface area contributed by atoms with Crippen LogP contribution in [0, 0.1) is 6.92 Å². The van der Waals surface area contributed by atoms with Gasteiger partial charge in [0.1, 0.15) is 5.75 Å². The summed E-state index contributed by atoms with van der Waals surface area (Å²) in [5.74, 6) is -0.152. The maximum absolute atomic E-state index is 12.3. The van der Waals surface area contributed by atoms with Crippen LogP contribution in [0.1, 0.15) is 33.5 Å². The predicted octanol–water partition coefficient (Wildman–Crippen LogP) is 2.99. The molecular weight excluding hydrogens is 262 g/mol. The molecule has 0 fully saturated rings. The number of fused-ring (bicyclic) bond motifs is 1. The fourth-order valence-electron chi connectivity index (χ4n) is 2.92. The van der Waals surface area contributed by atoms with Crippen molar-refractivity contribution in [2.75, 3.05) is 0 Å². The number of aromatic hydroxyl groups is 1. The first-order valence-electron chi connectivity index (χ1n) is 7.31. The first-order chi connectivity index (χ1) is 10.1. The van der Waals surface area contributed by atoms with Gasteiger partial charge in [0.15, 0.2) is 0 Å². The van der Waals surface area contributed by atoms with Gasteiger partial charge in [-0.05, 0) is 55.0 Å². The first kappa shape index (κ1) is 13.7. The number of phenolic OH excluding ortho intramolecular Hbond substituents is 1. The Hall–Kier alpha value is -2.29. The summed E-state index contributed by atoms with van der Waals surface area (Å²) in [4.78, 5) is 12.3. The van der Waals surface area contributed by atoms with Crippen molar-refractivity contribution >= 4 is 5.91 Å². The summed E-state index contributed by atoms with van der Waals surface area (Å²) < 4.78 is 0. The molecule has 2 N–H and O–H groups in total. The number of hydrogen-bond donors (Lipinski definition) is 2. The quantitative estimate of drug-likeness (QED) is 0.889. The van der Waals surface area contributed by atoms with E-state index in [9.17, 15) is 9.90 Å². The van der Waals surface area contributed by atoms with Crippen molar-refractivity contribution in [3.63, 3.8) is 0 Å². The lowest BCUT2D eigenvalue weighted by atomic mass is 9.88. The van der Waals surface area contributed by atoms with E-state index in [4.69, 9.17) is 0 Å². The number of benzene rings is 2. The highest BCUT2D eigenvalue weighted by Crippen LogP contribution is 2.23. The summed E-state index contributed by atoms with van der Waals surface area (Å²) in [5, 5.41) is 12.9. The molecule has 0 aliphatic heterocycles. The third kappa shape index (κ3) is 2.92. The highest BCUT2D eigenvalue weighted by atomic mass is 16.3. The lowest BCUT2D eigenvalue weighted by molar-refractivity contribution is 0.0931. The molecule has 1 aliphatic rings. The van der Waals surface area contributed by atoms with Gasteiger partial charge in [0.05, 0.1) is 5.56 Å². The second-order valence-corrected chi connectivity index (χ2v) is 5.70. The summed E-state index contributed by atoms with van der Waals surface area (Å²) in [6, 6.07) is 13.6. The van der Waals surface area contributed by atoms with Crippen LogP contribution in [-0.2, 0) is 12.8 Å². The Labute approximate surface area is 124 Å². The number of carbonyl (C=O) groups excluding carboxylic acids is 1. The normalized spacial score (nSPS) is 17.1. The van der Waals surface area contributed by atoms with Crippen molar-refractivity contribution in [2.45, 2.75) is 32.2 Å². The van der Waals surface area contributed by atoms with E-state index in [1.54, 1.807) is 12.1 Å². The van der Waals surface area contributed by atoms with Crippen molar-refractivity contribution in [2.24, 2.45) is 0 Å². The topological polar surface area (TPSA) is 49.3 Å². The van der Waals surface area contributed by atoms with Crippen LogP contribution in [-0.4, -0.2) is 17.1 Å². The van der Waals surface area contributed by atoms with E-state index in [0.29, 0.717) is 5.56 Å². The van der Waals surface area contributed by atoms with Crippen LogP contribution in [0.25, 0.3) is 0 Å². The highest BCUT2D eigenvalue weighted by Gasteiger charge is 2.21. The van der Waals surface area contributed by atoms with Crippen LogP contribution in [0.5, 0.6) is 5.75 Å². The molecule has 0 heterocycles. The van der Waals surface area contributed by atoms with E-state index in [0.717, 1.165) is 24.8 Å². The number of phenols is 1. The predicted molar refractivity (Wildman–Crippen MR) is 82.6 cm³/mol. The van der Waals surface area contributed by atoms with Gasteiger partial charge in [-0.3, -0.25) is 4.79 Å². The third-order valence-corrected chi connectivity index (χ3v) is 4.08. The zero-order valence-corrected chi connectivity index (χ0v) is 12.1. The van der Waals surface area contributed by atoms with Crippen molar-refractivity contribution in [3.8, 4) is 5.75 Å². The molecule has 1 atom stereocenters. The number of amides is 1. The number of aryl methyl sites for hydroxylation is 2. The second-order valence-electron chi connectivity index (χ2n) is 5.70. The maximum atomic E-state index is 12.3. The molecule has 0 bridgehead atoms. The largest absolute Gasteiger partial charge is 0.507 e. The SMILES string of the molecule is Cc1ccc(C(=O)NC2CCc3ccccc3C2)c(O)c1. The molecule has 0 aromatic heterocycles. The lowest BCUT2D eigenvalue weighted by Crippen LogP contribution is -2.38. The number of carbonyl (C=O) groups is 1. The van der Waals surface area contributed by atoms with Crippen molar-refractivity contribution in [1.82, 2.24) is 5.32 Å². The highest BCUT2D eigenvalue weighted by molar-refractivity contribution is 5.97. The van der Waals surface area contributed by atoms with E-state index in [1.807, 2.05) is 19.1 Å². The Morgan fingerprint density at radius 1 is 1.19 bits per heavy atom. The molecule has 0 spiro atoms. The first-order valence-corrected chi connectivity index (χ1v) is 7.31. The average molecular weight is 281 g/mol. The monoisotopic (exact) mass is 281 g/mol. The minimum atomic E-state index is -0.197. The summed E-state index contributed by atoms with van der Waals surface area (Å²) in [6.45, 7) is 1.89. The fourth-order valence-corrected chi connectivity index (χ4v) is 2.92. The molecule has 0 radical (unpaired) electrons. The van der Waals surface area contributed by atoms with E-state index >= 15 is 0 Å². The van der Waals surface area contributed by atoms with Crippen molar-refractivity contribution in [3.05, 3.63) is 64.7 Å². The van der Waals surface area contributed by atoms with Crippen LogP contribution < -0.4 is 5.32 Å². The molecule has 2 aromatic carbocycles. The Morgan fingerprint density at radius 3 is 2.71 bits per heavy atom. The van der Waals surface area contributed by atoms with Crippen molar-refractivity contribution < 1.29 is 9.90 Å². The third-order valence-electron chi connectivity index (χ3n) is 4.08. The van der Waals surface area contributed by atoms with Gasteiger partial charge in [-0.25, -0.2) is 0 Å². The van der Waals surface area contributed by atoms with Crippen LogP contribution >= 0.6 is 0 Å². The van der Waals surface area contributed by atoms with Gasteiger partial charge in [-0.2, -0.15) is 0 Å². The van der Waals surface area contributed by atoms with Gasteiger partial charge in [-0.1, -0.05) is 30.3 Å². The molecule has 1 unspecified atom stereocenters. The maximum Gasteiger partial charge on any atom is 0.255 e. The van der Waals surface area contributed by atoms with Crippen LogP contribution in [0.15, 0.2) is 42.5 Å². The van der Waals surface area contributed by atoms with E-state index in [2.05, 4.69) is 23.5 Å². The molecule has 21 heavy (non-hydrogen) atoms. The van der Waals surface area contributed by atoms with E-state index in [1.165, 1.54) is 11.1 Å². The molecule has 3 heteroatoms. The smallest absolute Gasteiger partial charge is 0.255 e. The molecule has 0 saturated heterocycles. The Morgan fingerprint density at radius 2 is 1.95 bits per heavy atom. The number of nitrogens with one attached hydrogen (secondary N) is 1. The summed E-state index contributed by atoms with van der Waals surface area (Å²) in [5.41, 5.74) is 3.97. The van der Waals surface area contributed by atoms with Gasteiger partial charge >= 0.3 is 0 Å². The zero-order valence-electron chi connectivity index (χ0n) is 12.1. The number of rotatable bonds is 2. The standard InChI is InChI=1S/C18H19NO2/c1-12-6-9-16(17(20)10-12)18(21)19-15-8-7-13-4-2-3-5-14(13)11-15/h2-6,9-10,15,20H,7-8,11H2,1H3,(H,19,21). The molecule has 108 valence electrons. The Kier molecular flexibility index (Phi) is 3.65. The Bertz CT molecular complexity index is 679. The molecule has 3 nitrogen and oxygen atoms in total. The van der Waals surface area contributed by atoms with Gasteiger partial charge in [0.25, 0.3) is 5.91 Å². The van der Waals surface area contributed by atoms with Crippen LogP contribution in [0.2, 0.25) is 0 Å². The minimum Gasteiger partial charge on any atom is -0.507 e. The van der Waals surface area contributed by atoms with Crippen LogP contribution in [0.3, 0.4) is 0 Å². The molecule has 0 saturated carbocycles.